The second kappa shape index (κ2) is 7.64. The highest BCUT2D eigenvalue weighted by Gasteiger charge is 2.20. The van der Waals surface area contributed by atoms with Crippen molar-refractivity contribution < 1.29 is 4.79 Å². The molecule has 0 aliphatic rings. The van der Waals surface area contributed by atoms with E-state index in [0.717, 1.165) is 29.8 Å². The number of rotatable bonds is 6. The van der Waals surface area contributed by atoms with E-state index in [2.05, 4.69) is 24.3 Å². The number of amides is 1. The normalized spacial score (nSPS) is 11.0. The molecule has 124 valence electrons. The van der Waals surface area contributed by atoms with Crippen LogP contribution < -0.4 is 5.32 Å². The van der Waals surface area contributed by atoms with Gasteiger partial charge in [0.2, 0.25) is 0 Å². The summed E-state index contributed by atoms with van der Waals surface area (Å²) in [4.78, 5) is 12.6. The van der Waals surface area contributed by atoms with Crippen LogP contribution in [0.1, 0.15) is 54.0 Å². The Labute approximate surface area is 142 Å². The quantitative estimate of drug-likeness (QED) is 0.864. The number of benzene rings is 1. The molecule has 2 rings (SSSR count). The summed E-state index contributed by atoms with van der Waals surface area (Å²) >= 11 is 6.22. The van der Waals surface area contributed by atoms with Crippen LogP contribution in [0.25, 0.3) is 0 Å². The summed E-state index contributed by atoms with van der Waals surface area (Å²) in [6.07, 6.45) is 1.85. The first-order valence-corrected chi connectivity index (χ1v) is 8.43. The van der Waals surface area contributed by atoms with Gasteiger partial charge in [-0.1, -0.05) is 43.6 Å². The first-order chi connectivity index (χ1) is 11.0. The summed E-state index contributed by atoms with van der Waals surface area (Å²) < 4.78 is 1.85. The molecule has 0 unspecified atom stereocenters. The van der Waals surface area contributed by atoms with Gasteiger partial charge in [0.05, 0.1) is 17.8 Å². The maximum Gasteiger partial charge on any atom is 0.255 e. The third-order valence-corrected chi connectivity index (χ3v) is 4.58. The van der Waals surface area contributed by atoms with Crippen LogP contribution in [-0.4, -0.2) is 21.7 Å². The molecule has 1 N–H and O–H groups in total. The molecule has 2 aromatic rings. The zero-order valence-corrected chi connectivity index (χ0v) is 14.9. The molecular weight excluding hydrogens is 310 g/mol. The average Bonchev–Trinajstić information content (AvgIpc) is 2.81. The van der Waals surface area contributed by atoms with Crippen LogP contribution in [0.2, 0.25) is 5.02 Å². The van der Waals surface area contributed by atoms with E-state index in [9.17, 15) is 4.79 Å². The molecule has 0 spiro atoms. The summed E-state index contributed by atoms with van der Waals surface area (Å²) in [6.45, 7) is 8.52. The lowest BCUT2D eigenvalue weighted by Crippen LogP contribution is -2.34. The minimum atomic E-state index is -0.0425. The lowest BCUT2D eigenvalue weighted by Gasteiger charge is -2.15. The predicted molar refractivity (Wildman–Crippen MR) is 94.1 cm³/mol. The maximum atomic E-state index is 12.6. The number of aryl methyl sites for hydroxylation is 1. The van der Waals surface area contributed by atoms with E-state index in [4.69, 9.17) is 11.6 Å². The molecule has 0 radical (unpaired) electrons. The molecule has 0 saturated carbocycles. The highest BCUT2D eigenvalue weighted by molar-refractivity contribution is 6.31. The maximum absolute atomic E-state index is 12.6. The largest absolute Gasteiger partial charge is 0.349 e. The van der Waals surface area contributed by atoms with E-state index in [0.29, 0.717) is 17.1 Å². The molecule has 1 amide bonds. The van der Waals surface area contributed by atoms with Crippen molar-refractivity contribution in [2.75, 3.05) is 0 Å². The van der Waals surface area contributed by atoms with Crippen molar-refractivity contribution in [3.05, 3.63) is 51.8 Å². The highest BCUT2D eigenvalue weighted by atomic mass is 35.5. The van der Waals surface area contributed by atoms with E-state index in [1.54, 1.807) is 0 Å². The van der Waals surface area contributed by atoms with E-state index in [-0.39, 0.29) is 11.9 Å². The summed E-state index contributed by atoms with van der Waals surface area (Å²) in [7, 11) is 0. The van der Waals surface area contributed by atoms with Crippen molar-refractivity contribution in [1.29, 1.82) is 0 Å². The average molecular weight is 334 g/mol. The molecule has 0 aliphatic heterocycles. The zero-order valence-electron chi connectivity index (χ0n) is 14.2. The Kier molecular flexibility index (Phi) is 5.83. The van der Waals surface area contributed by atoms with Crippen LogP contribution in [-0.2, 0) is 6.54 Å². The Bertz CT molecular complexity index is 690. The number of carbonyl (C=O) groups excluding carboxylic acids is 1. The van der Waals surface area contributed by atoms with Crippen molar-refractivity contribution in [2.24, 2.45) is 0 Å². The van der Waals surface area contributed by atoms with Gasteiger partial charge in [-0.2, -0.15) is 5.10 Å². The van der Waals surface area contributed by atoms with Crippen molar-refractivity contribution >= 4 is 17.5 Å². The van der Waals surface area contributed by atoms with Crippen LogP contribution in [0.5, 0.6) is 0 Å². The molecule has 4 nitrogen and oxygen atoms in total. The number of hydrogen-bond donors (Lipinski definition) is 1. The summed E-state index contributed by atoms with van der Waals surface area (Å²) in [6, 6.07) is 7.90. The van der Waals surface area contributed by atoms with Gasteiger partial charge in [0.15, 0.2) is 0 Å². The number of nitrogens with one attached hydrogen (secondary N) is 1. The molecular formula is C18H24ClN3O. The second-order valence-electron chi connectivity index (χ2n) is 5.78. The standard InChI is InChI=1S/C18H24ClN3O/c1-5-15(6-2)20-18(23)17-12(3)21-22(13(17)4)11-14-9-7-8-10-16(14)19/h7-10,15H,5-6,11H2,1-4H3,(H,20,23). The number of halogens is 1. The second-order valence-corrected chi connectivity index (χ2v) is 6.19. The van der Waals surface area contributed by atoms with Gasteiger partial charge in [0.25, 0.3) is 5.91 Å². The van der Waals surface area contributed by atoms with Gasteiger partial charge in [-0.15, -0.1) is 0 Å². The van der Waals surface area contributed by atoms with E-state index in [1.807, 2.05) is 42.8 Å². The number of hydrogen-bond acceptors (Lipinski definition) is 2. The third kappa shape index (κ3) is 3.94. The number of aromatic nitrogens is 2. The smallest absolute Gasteiger partial charge is 0.255 e. The van der Waals surface area contributed by atoms with Gasteiger partial charge >= 0.3 is 0 Å². The first-order valence-electron chi connectivity index (χ1n) is 8.06. The van der Waals surface area contributed by atoms with Gasteiger partial charge < -0.3 is 5.32 Å². The molecule has 0 atom stereocenters. The van der Waals surface area contributed by atoms with Crippen molar-refractivity contribution in [3.8, 4) is 0 Å². The molecule has 23 heavy (non-hydrogen) atoms. The lowest BCUT2D eigenvalue weighted by atomic mass is 10.1. The van der Waals surface area contributed by atoms with Crippen LogP contribution in [0.3, 0.4) is 0 Å². The highest BCUT2D eigenvalue weighted by Crippen LogP contribution is 2.19. The minimum absolute atomic E-state index is 0.0425. The topological polar surface area (TPSA) is 46.9 Å². The number of nitrogens with zero attached hydrogens (tertiary/aromatic N) is 2. The Morgan fingerprint density at radius 2 is 1.91 bits per heavy atom. The molecule has 0 fully saturated rings. The molecule has 1 aromatic carbocycles. The fraction of sp³-hybridized carbons (Fsp3) is 0.444. The van der Waals surface area contributed by atoms with Crippen LogP contribution in [0.15, 0.2) is 24.3 Å². The van der Waals surface area contributed by atoms with Gasteiger partial charge in [0.1, 0.15) is 0 Å². The Balaban J connectivity index is 2.26. The first kappa shape index (κ1) is 17.5. The fourth-order valence-corrected chi connectivity index (χ4v) is 2.91. The minimum Gasteiger partial charge on any atom is -0.349 e. The molecule has 1 heterocycles. The van der Waals surface area contributed by atoms with Gasteiger partial charge in [-0.05, 0) is 38.3 Å². The summed E-state index contributed by atoms with van der Waals surface area (Å²) in [5.41, 5.74) is 3.28. The van der Waals surface area contributed by atoms with Crippen molar-refractivity contribution in [2.45, 2.75) is 53.1 Å². The Hall–Kier alpha value is -1.81. The molecule has 1 aromatic heterocycles. The summed E-state index contributed by atoms with van der Waals surface area (Å²) in [5.74, 6) is -0.0425. The Morgan fingerprint density at radius 1 is 1.26 bits per heavy atom. The van der Waals surface area contributed by atoms with E-state index >= 15 is 0 Å². The predicted octanol–water partition coefficient (Wildman–Crippen LogP) is 4.12. The molecule has 0 saturated heterocycles. The van der Waals surface area contributed by atoms with Crippen LogP contribution in [0.4, 0.5) is 0 Å². The number of carbonyl (C=O) groups is 1. The van der Waals surface area contributed by atoms with E-state index in [1.165, 1.54) is 0 Å². The van der Waals surface area contributed by atoms with Gasteiger partial charge in [0, 0.05) is 16.8 Å². The molecule has 0 bridgehead atoms. The van der Waals surface area contributed by atoms with Gasteiger partial charge in [-0.25, -0.2) is 0 Å². The fourth-order valence-electron chi connectivity index (χ4n) is 2.72. The van der Waals surface area contributed by atoms with Crippen LogP contribution >= 0.6 is 11.6 Å². The SMILES string of the molecule is CCC(CC)NC(=O)c1c(C)nn(Cc2ccccc2Cl)c1C. The summed E-state index contributed by atoms with van der Waals surface area (Å²) in [5, 5.41) is 8.32. The zero-order chi connectivity index (χ0) is 17.0. The van der Waals surface area contributed by atoms with Crippen molar-refractivity contribution in [1.82, 2.24) is 15.1 Å². The monoisotopic (exact) mass is 333 g/mol. The van der Waals surface area contributed by atoms with Crippen molar-refractivity contribution in [3.63, 3.8) is 0 Å². The molecule has 5 heteroatoms. The molecule has 0 aliphatic carbocycles. The Morgan fingerprint density at radius 3 is 2.52 bits per heavy atom. The van der Waals surface area contributed by atoms with E-state index < -0.39 is 0 Å². The lowest BCUT2D eigenvalue weighted by molar-refractivity contribution is 0.0933. The van der Waals surface area contributed by atoms with Crippen LogP contribution in [0, 0.1) is 13.8 Å². The van der Waals surface area contributed by atoms with Gasteiger partial charge in [-0.3, -0.25) is 9.48 Å². The third-order valence-electron chi connectivity index (χ3n) is 4.21.